The van der Waals surface area contributed by atoms with Crippen molar-refractivity contribution in [2.75, 3.05) is 5.32 Å². The van der Waals surface area contributed by atoms with E-state index in [9.17, 15) is 4.79 Å². The molecule has 2 aromatic heterocycles. The SMILES string of the molecule is Cc1csc(NC(=O)Cn2c(C)c(Br)c3ccccc32)n1. The number of benzene rings is 1. The molecule has 108 valence electrons. The van der Waals surface area contributed by atoms with Crippen LogP contribution in [0.25, 0.3) is 10.9 Å². The Morgan fingerprint density at radius 3 is 2.86 bits per heavy atom. The first-order chi connectivity index (χ1) is 10.1. The second-order valence-corrected chi connectivity index (χ2v) is 6.50. The molecule has 0 aliphatic rings. The Labute approximate surface area is 134 Å². The number of amides is 1. The van der Waals surface area contributed by atoms with E-state index in [1.807, 2.05) is 48.1 Å². The fourth-order valence-electron chi connectivity index (χ4n) is 2.31. The Bertz CT molecular complexity index is 822. The van der Waals surface area contributed by atoms with E-state index in [4.69, 9.17) is 0 Å². The summed E-state index contributed by atoms with van der Waals surface area (Å²) in [6, 6.07) is 8.04. The van der Waals surface area contributed by atoms with E-state index in [-0.39, 0.29) is 12.5 Å². The smallest absolute Gasteiger partial charge is 0.246 e. The summed E-state index contributed by atoms with van der Waals surface area (Å²) in [6.45, 7) is 4.19. The molecule has 0 radical (unpaired) electrons. The van der Waals surface area contributed by atoms with Crippen LogP contribution in [0.3, 0.4) is 0 Å². The largest absolute Gasteiger partial charge is 0.334 e. The zero-order chi connectivity index (χ0) is 15.0. The summed E-state index contributed by atoms with van der Waals surface area (Å²) < 4.78 is 3.05. The molecule has 0 unspecified atom stereocenters. The van der Waals surface area contributed by atoms with Crippen molar-refractivity contribution in [2.45, 2.75) is 20.4 Å². The van der Waals surface area contributed by atoms with Crippen LogP contribution in [0.15, 0.2) is 34.1 Å². The summed E-state index contributed by atoms with van der Waals surface area (Å²) in [5.41, 5.74) is 3.01. The van der Waals surface area contributed by atoms with Gasteiger partial charge < -0.3 is 9.88 Å². The fourth-order valence-corrected chi connectivity index (χ4v) is 3.56. The molecule has 0 saturated carbocycles. The first kappa shape index (κ1) is 14.3. The number of carbonyl (C=O) groups excluding carboxylic acids is 1. The molecular weight excluding hydrogens is 350 g/mol. The Morgan fingerprint density at radius 2 is 2.14 bits per heavy atom. The standard InChI is InChI=1S/C15H14BrN3OS/c1-9-8-21-15(17-9)18-13(20)7-19-10(2)14(16)11-5-3-4-6-12(11)19/h3-6,8H,7H2,1-2H3,(H,17,18,20). The quantitative estimate of drug-likeness (QED) is 0.760. The number of hydrogen-bond donors (Lipinski definition) is 1. The lowest BCUT2D eigenvalue weighted by Gasteiger charge is -2.07. The highest BCUT2D eigenvalue weighted by atomic mass is 79.9. The predicted octanol–water partition coefficient (Wildman–Crippen LogP) is 4.12. The third-order valence-electron chi connectivity index (χ3n) is 3.32. The topological polar surface area (TPSA) is 46.9 Å². The maximum absolute atomic E-state index is 12.2. The number of nitrogens with zero attached hydrogens (tertiary/aromatic N) is 2. The van der Waals surface area contributed by atoms with Gasteiger partial charge in [0.25, 0.3) is 0 Å². The number of thiazole rings is 1. The minimum Gasteiger partial charge on any atom is -0.334 e. The van der Waals surface area contributed by atoms with Gasteiger partial charge >= 0.3 is 0 Å². The Morgan fingerprint density at radius 1 is 1.38 bits per heavy atom. The van der Waals surface area contributed by atoms with Crippen LogP contribution < -0.4 is 5.32 Å². The van der Waals surface area contributed by atoms with Gasteiger partial charge in [-0.2, -0.15) is 0 Å². The monoisotopic (exact) mass is 363 g/mol. The summed E-state index contributed by atoms with van der Waals surface area (Å²) in [5, 5.41) is 6.53. The molecule has 21 heavy (non-hydrogen) atoms. The zero-order valence-corrected chi connectivity index (χ0v) is 14.1. The number of nitrogens with one attached hydrogen (secondary N) is 1. The zero-order valence-electron chi connectivity index (χ0n) is 11.7. The molecule has 0 atom stereocenters. The lowest BCUT2D eigenvalue weighted by Crippen LogP contribution is -2.19. The molecule has 6 heteroatoms. The van der Waals surface area contributed by atoms with E-state index < -0.39 is 0 Å². The van der Waals surface area contributed by atoms with Crippen molar-refractivity contribution in [3.63, 3.8) is 0 Å². The van der Waals surface area contributed by atoms with Gasteiger partial charge in [-0.25, -0.2) is 4.98 Å². The molecule has 3 aromatic rings. The van der Waals surface area contributed by atoms with Crippen molar-refractivity contribution in [1.29, 1.82) is 0 Å². The van der Waals surface area contributed by atoms with E-state index in [0.717, 1.165) is 26.8 Å². The Balaban J connectivity index is 1.88. The van der Waals surface area contributed by atoms with Crippen LogP contribution in [0.1, 0.15) is 11.4 Å². The molecular formula is C15H14BrN3OS. The van der Waals surface area contributed by atoms with Gasteiger partial charge in [0.05, 0.1) is 5.69 Å². The third-order valence-corrected chi connectivity index (χ3v) is 5.20. The normalized spacial score (nSPS) is 11.0. The highest BCUT2D eigenvalue weighted by Gasteiger charge is 2.14. The highest BCUT2D eigenvalue weighted by Crippen LogP contribution is 2.30. The number of fused-ring (bicyclic) bond motifs is 1. The molecule has 0 spiro atoms. The lowest BCUT2D eigenvalue weighted by atomic mass is 10.2. The van der Waals surface area contributed by atoms with Crippen molar-refractivity contribution in [3.05, 3.63) is 45.5 Å². The van der Waals surface area contributed by atoms with Crippen molar-refractivity contribution in [3.8, 4) is 0 Å². The van der Waals surface area contributed by atoms with E-state index >= 15 is 0 Å². The molecule has 1 aromatic carbocycles. The maximum atomic E-state index is 12.2. The van der Waals surface area contributed by atoms with E-state index in [1.165, 1.54) is 11.3 Å². The van der Waals surface area contributed by atoms with Crippen molar-refractivity contribution in [1.82, 2.24) is 9.55 Å². The number of hydrogen-bond acceptors (Lipinski definition) is 3. The molecule has 0 saturated heterocycles. The second-order valence-electron chi connectivity index (χ2n) is 4.84. The highest BCUT2D eigenvalue weighted by molar-refractivity contribution is 9.10. The Hall–Kier alpha value is -1.66. The minimum atomic E-state index is -0.0688. The number of anilines is 1. The van der Waals surface area contributed by atoms with Crippen molar-refractivity contribution < 1.29 is 4.79 Å². The first-order valence-corrected chi connectivity index (χ1v) is 8.19. The number of rotatable bonds is 3. The summed E-state index contributed by atoms with van der Waals surface area (Å²) in [7, 11) is 0. The van der Waals surface area contributed by atoms with Crippen LogP contribution in [0.2, 0.25) is 0 Å². The van der Waals surface area contributed by atoms with Crippen LogP contribution in [0.5, 0.6) is 0 Å². The number of aromatic nitrogens is 2. The van der Waals surface area contributed by atoms with Crippen LogP contribution in [0, 0.1) is 13.8 Å². The van der Waals surface area contributed by atoms with Crippen LogP contribution >= 0.6 is 27.3 Å². The van der Waals surface area contributed by atoms with Gasteiger partial charge in [0.1, 0.15) is 6.54 Å². The van der Waals surface area contributed by atoms with E-state index in [1.54, 1.807) is 0 Å². The van der Waals surface area contributed by atoms with E-state index in [0.29, 0.717) is 5.13 Å². The summed E-state index contributed by atoms with van der Waals surface area (Å²) in [6.07, 6.45) is 0. The number of halogens is 1. The predicted molar refractivity (Wildman–Crippen MR) is 89.9 cm³/mol. The number of aryl methyl sites for hydroxylation is 1. The Kier molecular flexibility index (Phi) is 3.82. The molecule has 0 fully saturated rings. The van der Waals surface area contributed by atoms with Gasteiger partial charge in [-0.1, -0.05) is 18.2 Å². The van der Waals surface area contributed by atoms with Gasteiger partial charge in [0, 0.05) is 26.4 Å². The molecule has 0 aliphatic carbocycles. The van der Waals surface area contributed by atoms with Gasteiger partial charge in [-0.3, -0.25) is 4.79 Å². The fraction of sp³-hybridized carbons (Fsp3) is 0.200. The number of para-hydroxylation sites is 1. The van der Waals surface area contributed by atoms with Gasteiger partial charge in [0.2, 0.25) is 5.91 Å². The third kappa shape index (κ3) is 2.73. The van der Waals surface area contributed by atoms with E-state index in [2.05, 4.69) is 26.2 Å². The average Bonchev–Trinajstić information content (AvgIpc) is 2.97. The molecule has 1 amide bonds. The van der Waals surface area contributed by atoms with Gasteiger partial charge in [-0.05, 0) is 35.8 Å². The van der Waals surface area contributed by atoms with Crippen LogP contribution in [0.4, 0.5) is 5.13 Å². The summed E-state index contributed by atoms with van der Waals surface area (Å²) in [4.78, 5) is 16.5. The maximum Gasteiger partial charge on any atom is 0.246 e. The molecule has 1 N–H and O–H groups in total. The molecule has 2 heterocycles. The van der Waals surface area contributed by atoms with Crippen LogP contribution in [-0.2, 0) is 11.3 Å². The molecule has 4 nitrogen and oxygen atoms in total. The number of carbonyl (C=O) groups is 1. The van der Waals surface area contributed by atoms with Crippen molar-refractivity contribution >= 4 is 49.2 Å². The van der Waals surface area contributed by atoms with Gasteiger partial charge in [0.15, 0.2) is 5.13 Å². The molecule has 0 bridgehead atoms. The van der Waals surface area contributed by atoms with Gasteiger partial charge in [-0.15, -0.1) is 11.3 Å². The lowest BCUT2D eigenvalue weighted by molar-refractivity contribution is -0.116. The molecule has 0 aliphatic heterocycles. The second kappa shape index (κ2) is 5.61. The summed E-state index contributed by atoms with van der Waals surface area (Å²) in [5.74, 6) is -0.0688. The van der Waals surface area contributed by atoms with Crippen molar-refractivity contribution in [2.24, 2.45) is 0 Å². The molecule has 3 rings (SSSR count). The summed E-state index contributed by atoms with van der Waals surface area (Å²) >= 11 is 5.04. The minimum absolute atomic E-state index is 0.0688. The van der Waals surface area contributed by atoms with Crippen LogP contribution in [-0.4, -0.2) is 15.5 Å². The average molecular weight is 364 g/mol. The first-order valence-electron chi connectivity index (χ1n) is 6.51.